The van der Waals surface area contributed by atoms with E-state index in [0.29, 0.717) is 6.04 Å². The molecule has 1 saturated heterocycles. The van der Waals surface area contributed by atoms with Crippen molar-refractivity contribution < 1.29 is 5.11 Å². The van der Waals surface area contributed by atoms with E-state index in [1.165, 1.54) is 5.56 Å². The van der Waals surface area contributed by atoms with Gasteiger partial charge < -0.3 is 15.3 Å². The summed E-state index contributed by atoms with van der Waals surface area (Å²) in [7, 11) is 2.12. The monoisotopic (exact) mass is 220 g/mol. The Bertz CT molecular complexity index is 315. The van der Waals surface area contributed by atoms with Crippen LogP contribution in [0.1, 0.15) is 12.0 Å². The van der Waals surface area contributed by atoms with Gasteiger partial charge in [0, 0.05) is 25.7 Å². The van der Waals surface area contributed by atoms with Gasteiger partial charge in [0.2, 0.25) is 0 Å². The van der Waals surface area contributed by atoms with Crippen molar-refractivity contribution in [1.29, 1.82) is 0 Å². The number of aliphatic hydroxyl groups excluding tert-OH is 1. The van der Waals surface area contributed by atoms with Gasteiger partial charge in [0.25, 0.3) is 0 Å². The number of benzene rings is 1. The van der Waals surface area contributed by atoms with E-state index in [9.17, 15) is 5.11 Å². The molecular formula is C13H20N2O. The zero-order valence-electron chi connectivity index (χ0n) is 9.76. The van der Waals surface area contributed by atoms with Gasteiger partial charge >= 0.3 is 0 Å². The highest BCUT2D eigenvalue weighted by Gasteiger charge is 2.22. The molecule has 1 aliphatic rings. The van der Waals surface area contributed by atoms with Gasteiger partial charge in [-0.1, -0.05) is 30.3 Å². The fraction of sp³-hybridized carbons (Fsp3) is 0.538. The van der Waals surface area contributed by atoms with E-state index in [2.05, 4.69) is 41.5 Å². The van der Waals surface area contributed by atoms with Gasteiger partial charge in [0.05, 0.1) is 6.10 Å². The minimum atomic E-state index is -0.157. The van der Waals surface area contributed by atoms with E-state index < -0.39 is 0 Å². The highest BCUT2D eigenvalue weighted by atomic mass is 16.3. The largest absolute Gasteiger partial charge is 0.392 e. The third-order valence-corrected chi connectivity index (χ3v) is 3.03. The van der Waals surface area contributed by atoms with Crippen molar-refractivity contribution in [1.82, 2.24) is 10.2 Å². The van der Waals surface area contributed by atoms with Gasteiger partial charge in [-0.05, 0) is 19.0 Å². The Morgan fingerprint density at radius 2 is 2.12 bits per heavy atom. The van der Waals surface area contributed by atoms with Gasteiger partial charge in [-0.15, -0.1) is 0 Å². The van der Waals surface area contributed by atoms with Gasteiger partial charge in [-0.25, -0.2) is 0 Å². The highest BCUT2D eigenvalue weighted by molar-refractivity contribution is 5.14. The number of likely N-dealkylation sites (N-methyl/N-ethyl adjacent to an activating group) is 1. The van der Waals surface area contributed by atoms with Crippen LogP contribution in [-0.2, 0) is 6.54 Å². The van der Waals surface area contributed by atoms with Crippen LogP contribution in [0.3, 0.4) is 0 Å². The molecular weight excluding hydrogens is 200 g/mol. The van der Waals surface area contributed by atoms with E-state index >= 15 is 0 Å². The number of nitrogens with zero attached hydrogens (tertiary/aromatic N) is 1. The Kier molecular flexibility index (Phi) is 3.93. The quantitative estimate of drug-likeness (QED) is 0.789. The Morgan fingerprint density at radius 3 is 2.75 bits per heavy atom. The summed E-state index contributed by atoms with van der Waals surface area (Å²) in [6.45, 7) is 2.70. The van der Waals surface area contributed by atoms with Crippen molar-refractivity contribution in [2.75, 3.05) is 20.1 Å². The molecule has 2 N–H and O–H groups in total. The predicted molar refractivity (Wildman–Crippen MR) is 65.2 cm³/mol. The van der Waals surface area contributed by atoms with Gasteiger partial charge in [0.1, 0.15) is 0 Å². The van der Waals surface area contributed by atoms with Crippen LogP contribution in [-0.4, -0.2) is 42.3 Å². The molecule has 0 amide bonds. The first-order chi connectivity index (χ1) is 7.74. The van der Waals surface area contributed by atoms with Crippen LogP contribution in [0.4, 0.5) is 0 Å². The number of hydrogen-bond donors (Lipinski definition) is 2. The van der Waals surface area contributed by atoms with E-state index in [1.807, 2.05) is 6.07 Å². The molecule has 2 atom stereocenters. The SMILES string of the molecule is CN(Cc1ccccc1)CC1CC(O)CN1. The van der Waals surface area contributed by atoms with Crippen LogP contribution < -0.4 is 5.32 Å². The van der Waals surface area contributed by atoms with Crippen LogP contribution in [0.25, 0.3) is 0 Å². The molecule has 1 heterocycles. The van der Waals surface area contributed by atoms with E-state index in [-0.39, 0.29) is 6.10 Å². The lowest BCUT2D eigenvalue weighted by Gasteiger charge is -2.21. The predicted octanol–water partition coefficient (Wildman–Crippen LogP) is 0.841. The summed E-state index contributed by atoms with van der Waals surface area (Å²) in [4.78, 5) is 2.30. The fourth-order valence-corrected chi connectivity index (χ4v) is 2.27. The average Bonchev–Trinajstić information content (AvgIpc) is 2.65. The van der Waals surface area contributed by atoms with Gasteiger partial charge in [0.15, 0.2) is 0 Å². The molecule has 16 heavy (non-hydrogen) atoms. The summed E-state index contributed by atoms with van der Waals surface area (Å²) in [6, 6.07) is 10.9. The van der Waals surface area contributed by atoms with Crippen LogP contribution in [0.5, 0.6) is 0 Å². The molecule has 1 fully saturated rings. The zero-order valence-corrected chi connectivity index (χ0v) is 9.76. The second-order valence-electron chi connectivity index (χ2n) is 4.68. The average molecular weight is 220 g/mol. The molecule has 3 heteroatoms. The molecule has 0 aromatic heterocycles. The normalized spacial score (nSPS) is 25.2. The smallest absolute Gasteiger partial charge is 0.0680 e. The number of β-amino-alcohol motifs (C(OH)–C–C–N with tert-alkyl or cyclic N) is 1. The molecule has 2 rings (SSSR count). The summed E-state index contributed by atoms with van der Waals surface area (Å²) in [5, 5.41) is 12.8. The van der Waals surface area contributed by atoms with Crippen LogP contribution in [0, 0.1) is 0 Å². The second-order valence-corrected chi connectivity index (χ2v) is 4.68. The lowest BCUT2D eigenvalue weighted by Crippen LogP contribution is -2.34. The first-order valence-corrected chi connectivity index (χ1v) is 5.88. The first-order valence-electron chi connectivity index (χ1n) is 5.88. The number of nitrogens with one attached hydrogen (secondary N) is 1. The standard InChI is InChI=1S/C13H20N2O/c1-15(9-11-5-3-2-4-6-11)10-12-7-13(16)8-14-12/h2-6,12-14,16H,7-10H2,1H3. The van der Waals surface area contributed by atoms with Crippen molar-refractivity contribution in [3.8, 4) is 0 Å². The van der Waals surface area contributed by atoms with Crippen molar-refractivity contribution >= 4 is 0 Å². The lowest BCUT2D eigenvalue weighted by molar-refractivity contribution is 0.189. The Balaban J connectivity index is 1.78. The maximum absolute atomic E-state index is 9.42. The number of aliphatic hydroxyl groups is 1. The Hall–Kier alpha value is -0.900. The molecule has 0 radical (unpaired) electrons. The topological polar surface area (TPSA) is 35.5 Å². The van der Waals surface area contributed by atoms with Crippen LogP contribution in [0.2, 0.25) is 0 Å². The number of hydrogen-bond acceptors (Lipinski definition) is 3. The number of rotatable bonds is 4. The van der Waals surface area contributed by atoms with Gasteiger partial charge in [-0.2, -0.15) is 0 Å². The lowest BCUT2D eigenvalue weighted by atomic mass is 10.1. The molecule has 88 valence electrons. The molecule has 2 unspecified atom stereocenters. The highest BCUT2D eigenvalue weighted by Crippen LogP contribution is 2.09. The minimum absolute atomic E-state index is 0.157. The van der Waals surface area contributed by atoms with Crippen LogP contribution in [0.15, 0.2) is 30.3 Å². The van der Waals surface area contributed by atoms with Crippen LogP contribution >= 0.6 is 0 Å². The molecule has 0 aliphatic carbocycles. The van der Waals surface area contributed by atoms with Crippen molar-refractivity contribution in [2.24, 2.45) is 0 Å². The molecule has 0 saturated carbocycles. The van der Waals surface area contributed by atoms with Crippen molar-refractivity contribution in [3.63, 3.8) is 0 Å². The summed E-state index contributed by atoms with van der Waals surface area (Å²) >= 11 is 0. The molecule has 0 bridgehead atoms. The molecule has 1 aromatic carbocycles. The Labute approximate surface area is 97.1 Å². The maximum Gasteiger partial charge on any atom is 0.0680 e. The summed E-state index contributed by atoms with van der Waals surface area (Å²) < 4.78 is 0. The zero-order chi connectivity index (χ0) is 11.4. The van der Waals surface area contributed by atoms with E-state index in [0.717, 1.165) is 26.1 Å². The van der Waals surface area contributed by atoms with Crippen molar-refractivity contribution in [2.45, 2.75) is 25.1 Å². The molecule has 0 spiro atoms. The first kappa shape index (κ1) is 11.6. The summed E-state index contributed by atoms with van der Waals surface area (Å²) in [5.74, 6) is 0. The molecule has 1 aliphatic heterocycles. The summed E-state index contributed by atoms with van der Waals surface area (Å²) in [6.07, 6.45) is 0.717. The maximum atomic E-state index is 9.42. The van der Waals surface area contributed by atoms with E-state index in [4.69, 9.17) is 0 Å². The fourth-order valence-electron chi connectivity index (χ4n) is 2.27. The molecule has 1 aromatic rings. The molecule has 3 nitrogen and oxygen atoms in total. The third-order valence-electron chi connectivity index (χ3n) is 3.03. The van der Waals surface area contributed by atoms with E-state index in [1.54, 1.807) is 0 Å². The minimum Gasteiger partial charge on any atom is -0.392 e. The Morgan fingerprint density at radius 1 is 1.38 bits per heavy atom. The second kappa shape index (κ2) is 5.43. The summed E-state index contributed by atoms with van der Waals surface area (Å²) in [5.41, 5.74) is 1.34. The van der Waals surface area contributed by atoms with Gasteiger partial charge in [-0.3, -0.25) is 0 Å². The van der Waals surface area contributed by atoms with Crippen molar-refractivity contribution in [3.05, 3.63) is 35.9 Å². The third kappa shape index (κ3) is 3.30.